The maximum absolute atomic E-state index is 13.6. The van der Waals surface area contributed by atoms with Gasteiger partial charge in [0.05, 0.1) is 5.02 Å². The lowest BCUT2D eigenvalue weighted by molar-refractivity contribution is 0.628. The van der Waals surface area contributed by atoms with E-state index in [1.807, 2.05) is 13.1 Å². The number of rotatable bonds is 3. The molecule has 2 aromatic rings. The molecule has 1 fully saturated rings. The Bertz CT molecular complexity index is 654. The molecule has 0 unspecified atom stereocenters. The minimum absolute atomic E-state index is 0.111. The van der Waals surface area contributed by atoms with Crippen molar-refractivity contribution in [1.82, 2.24) is 9.97 Å². The quantitative estimate of drug-likeness (QED) is 0.898. The second-order valence-electron chi connectivity index (χ2n) is 5.36. The Morgan fingerprint density at radius 3 is 2.62 bits per heavy atom. The van der Waals surface area contributed by atoms with Crippen LogP contribution >= 0.6 is 11.6 Å². The molecule has 0 amide bonds. The summed E-state index contributed by atoms with van der Waals surface area (Å²) in [5.74, 6) is 1.34. The number of anilines is 1. The van der Waals surface area contributed by atoms with E-state index in [1.54, 1.807) is 6.07 Å². The predicted molar refractivity (Wildman–Crippen MR) is 83.2 cm³/mol. The zero-order valence-electron chi connectivity index (χ0n) is 11.9. The van der Waals surface area contributed by atoms with Gasteiger partial charge in [-0.2, -0.15) is 0 Å². The zero-order valence-corrected chi connectivity index (χ0v) is 12.6. The van der Waals surface area contributed by atoms with E-state index in [9.17, 15) is 4.39 Å². The molecule has 3 nitrogen and oxygen atoms in total. The van der Waals surface area contributed by atoms with Crippen LogP contribution in [0.3, 0.4) is 0 Å². The molecule has 1 aromatic carbocycles. The maximum atomic E-state index is 13.6. The number of nitrogens with zero attached hydrogens (tertiary/aromatic N) is 2. The zero-order chi connectivity index (χ0) is 14.8. The molecule has 1 heterocycles. The van der Waals surface area contributed by atoms with E-state index in [0.29, 0.717) is 17.3 Å². The lowest BCUT2D eigenvalue weighted by Gasteiger charge is -2.12. The Labute approximate surface area is 128 Å². The Balaban J connectivity index is 2.04. The van der Waals surface area contributed by atoms with E-state index in [4.69, 9.17) is 11.6 Å². The average Bonchev–Trinajstić information content (AvgIpc) is 3.04. The molecule has 1 aliphatic carbocycles. The third-order valence-electron chi connectivity index (χ3n) is 3.95. The first-order valence-electron chi connectivity index (χ1n) is 7.19. The molecule has 0 aliphatic heterocycles. The van der Waals surface area contributed by atoms with E-state index >= 15 is 0 Å². The van der Waals surface area contributed by atoms with Crippen molar-refractivity contribution in [2.45, 2.75) is 31.6 Å². The summed E-state index contributed by atoms with van der Waals surface area (Å²) in [5, 5.41) is 3.17. The molecule has 21 heavy (non-hydrogen) atoms. The number of aromatic nitrogens is 2. The van der Waals surface area contributed by atoms with Gasteiger partial charge in [0.25, 0.3) is 0 Å². The molecular weight excluding hydrogens is 289 g/mol. The molecule has 110 valence electrons. The van der Waals surface area contributed by atoms with Gasteiger partial charge >= 0.3 is 0 Å². The normalized spacial score (nSPS) is 15.4. The molecule has 3 rings (SSSR count). The van der Waals surface area contributed by atoms with Crippen molar-refractivity contribution >= 4 is 17.4 Å². The first kappa shape index (κ1) is 14.3. The highest BCUT2D eigenvalue weighted by atomic mass is 35.5. The molecule has 1 aliphatic rings. The number of hydrogen-bond acceptors (Lipinski definition) is 3. The Morgan fingerprint density at radius 2 is 1.95 bits per heavy atom. The Morgan fingerprint density at radius 1 is 1.19 bits per heavy atom. The van der Waals surface area contributed by atoms with Crippen molar-refractivity contribution in [3.63, 3.8) is 0 Å². The molecule has 0 bridgehead atoms. The van der Waals surface area contributed by atoms with Crippen molar-refractivity contribution < 1.29 is 4.39 Å². The van der Waals surface area contributed by atoms with E-state index < -0.39 is 5.82 Å². The van der Waals surface area contributed by atoms with E-state index in [-0.39, 0.29) is 5.02 Å². The predicted octanol–water partition coefficient (Wildman–Crippen LogP) is 4.64. The summed E-state index contributed by atoms with van der Waals surface area (Å²) >= 11 is 5.73. The molecule has 0 radical (unpaired) electrons. The van der Waals surface area contributed by atoms with Gasteiger partial charge in [-0.05, 0) is 31.0 Å². The molecule has 0 saturated heterocycles. The van der Waals surface area contributed by atoms with E-state index in [0.717, 1.165) is 24.4 Å². The van der Waals surface area contributed by atoms with Crippen LogP contribution in [0.4, 0.5) is 10.2 Å². The fraction of sp³-hybridized carbons (Fsp3) is 0.375. The highest BCUT2D eigenvalue weighted by molar-refractivity contribution is 6.30. The average molecular weight is 306 g/mol. The molecule has 1 N–H and O–H groups in total. The van der Waals surface area contributed by atoms with Crippen molar-refractivity contribution in [3.8, 4) is 11.4 Å². The van der Waals surface area contributed by atoms with Gasteiger partial charge in [0.1, 0.15) is 11.6 Å². The van der Waals surface area contributed by atoms with Gasteiger partial charge in [-0.25, -0.2) is 14.4 Å². The first-order valence-corrected chi connectivity index (χ1v) is 7.57. The number of benzene rings is 1. The minimum Gasteiger partial charge on any atom is -0.373 e. The van der Waals surface area contributed by atoms with Crippen LogP contribution in [-0.4, -0.2) is 17.0 Å². The van der Waals surface area contributed by atoms with Gasteiger partial charge in [0.2, 0.25) is 0 Å². The van der Waals surface area contributed by atoms with E-state index in [1.165, 1.54) is 25.0 Å². The Hall–Kier alpha value is -1.68. The Kier molecular flexibility index (Phi) is 4.06. The maximum Gasteiger partial charge on any atom is 0.161 e. The van der Waals surface area contributed by atoms with E-state index in [2.05, 4.69) is 15.3 Å². The monoisotopic (exact) mass is 305 g/mol. The third kappa shape index (κ3) is 3.00. The van der Waals surface area contributed by atoms with Crippen molar-refractivity contribution in [2.24, 2.45) is 0 Å². The fourth-order valence-electron chi connectivity index (χ4n) is 2.79. The van der Waals surface area contributed by atoms with Gasteiger partial charge in [-0.15, -0.1) is 0 Å². The summed E-state index contributed by atoms with van der Waals surface area (Å²) < 4.78 is 13.6. The molecule has 0 spiro atoms. The second kappa shape index (κ2) is 5.98. The van der Waals surface area contributed by atoms with Gasteiger partial charge in [0, 0.05) is 30.3 Å². The van der Waals surface area contributed by atoms with Gasteiger partial charge in [-0.3, -0.25) is 0 Å². The lowest BCUT2D eigenvalue weighted by atomic mass is 10.0. The van der Waals surface area contributed by atoms with Crippen LogP contribution in [0.2, 0.25) is 5.02 Å². The fourth-order valence-corrected chi connectivity index (χ4v) is 2.91. The smallest absolute Gasteiger partial charge is 0.161 e. The molecule has 0 atom stereocenters. The third-order valence-corrected chi connectivity index (χ3v) is 4.26. The minimum atomic E-state index is -0.449. The SMILES string of the molecule is CNc1cc(C2CCCC2)nc(-c2ccc(Cl)c(F)c2)n1. The van der Waals surface area contributed by atoms with Crippen LogP contribution in [0.1, 0.15) is 37.3 Å². The van der Waals surface area contributed by atoms with Gasteiger partial charge in [-0.1, -0.05) is 24.4 Å². The van der Waals surface area contributed by atoms with Crippen LogP contribution in [0.15, 0.2) is 24.3 Å². The first-order chi connectivity index (χ1) is 10.2. The van der Waals surface area contributed by atoms with Crippen molar-refractivity contribution in [3.05, 3.63) is 40.8 Å². The summed E-state index contributed by atoms with van der Waals surface area (Å²) in [6.07, 6.45) is 4.81. The summed E-state index contributed by atoms with van der Waals surface area (Å²) in [6.45, 7) is 0. The highest BCUT2D eigenvalue weighted by Crippen LogP contribution is 2.34. The standard InChI is InChI=1S/C16H17ClFN3/c1-19-15-9-14(10-4-2-3-5-10)20-16(21-15)11-6-7-12(17)13(18)8-11/h6-10H,2-5H2,1H3,(H,19,20,21). The second-order valence-corrected chi connectivity index (χ2v) is 5.77. The van der Waals surface area contributed by atoms with Crippen molar-refractivity contribution in [2.75, 3.05) is 12.4 Å². The summed E-state index contributed by atoms with van der Waals surface area (Å²) in [5.41, 5.74) is 1.69. The van der Waals surface area contributed by atoms with Crippen LogP contribution in [-0.2, 0) is 0 Å². The summed E-state index contributed by atoms with van der Waals surface area (Å²) in [4.78, 5) is 9.08. The van der Waals surface area contributed by atoms with Gasteiger partial charge in [0.15, 0.2) is 5.82 Å². The van der Waals surface area contributed by atoms with Crippen LogP contribution in [0, 0.1) is 5.82 Å². The number of halogens is 2. The van der Waals surface area contributed by atoms with Crippen LogP contribution in [0.5, 0.6) is 0 Å². The molecular formula is C16H17ClFN3. The topological polar surface area (TPSA) is 37.8 Å². The van der Waals surface area contributed by atoms with Gasteiger partial charge < -0.3 is 5.32 Å². The molecule has 1 aromatic heterocycles. The van der Waals surface area contributed by atoms with Crippen molar-refractivity contribution in [1.29, 1.82) is 0 Å². The van der Waals surface area contributed by atoms with Crippen LogP contribution < -0.4 is 5.32 Å². The number of hydrogen-bond donors (Lipinski definition) is 1. The molecule has 1 saturated carbocycles. The largest absolute Gasteiger partial charge is 0.373 e. The lowest BCUT2D eigenvalue weighted by Crippen LogP contribution is -2.04. The summed E-state index contributed by atoms with van der Waals surface area (Å²) in [6, 6.07) is 6.66. The summed E-state index contributed by atoms with van der Waals surface area (Å²) in [7, 11) is 1.83. The highest BCUT2D eigenvalue weighted by Gasteiger charge is 2.20. The molecule has 5 heteroatoms. The van der Waals surface area contributed by atoms with Crippen LogP contribution in [0.25, 0.3) is 11.4 Å². The number of nitrogens with one attached hydrogen (secondary N) is 1.